The molecular formula is C36H28O6. The van der Waals surface area contributed by atoms with E-state index in [2.05, 4.69) is 11.8 Å². The van der Waals surface area contributed by atoms with Crippen LogP contribution >= 0.6 is 0 Å². The molecule has 0 radical (unpaired) electrons. The van der Waals surface area contributed by atoms with E-state index >= 15 is 0 Å². The second-order valence-electron chi connectivity index (χ2n) is 9.55. The highest BCUT2D eigenvalue weighted by molar-refractivity contribution is 6.04. The second-order valence-corrected chi connectivity index (χ2v) is 9.55. The van der Waals surface area contributed by atoms with E-state index in [-0.39, 0.29) is 23.0 Å². The lowest BCUT2D eigenvalue weighted by Crippen LogP contribution is -2.10. The molecule has 3 N–H and O–H groups in total. The van der Waals surface area contributed by atoms with Crippen LogP contribution in [-0.2, 0) is 14.3 Å². The molecule has 0 spiro atoms. The van der Waals surface area contributed by atoms with Gasteiger partial charge in [0.05, 0.1) is 0 Å². The zero-order chi connectivity index (χ0) is 29.6. The lowest BCUT2D eigenvalue weighted by molar-refractivity contribution is -0.110. The summed E-state index contributed by atoms with van der Waals surface area (Å²) >= 11 is 0. The maximum Gasteiger partial charge on any atom is 0.184 e. The van der Waals surface area contributed by atoms with Crippen LogP contribution in [-0.4, -0.2) is 35.3 Å². The quantitative estimate of drug-likeness (QED) is 0.182. The molecule has 6 nitrogen and oxygen atoms in total. The van der Waals surface area contributed by atoms with Gasteiger partial charge in [0, 0.05) is 36.5 Å². The van der Waals surface area contributed by atoms with Crippen molar-refractivity contribution in [2.75, 3.05) is 14.2 Å². The molecule has 4 aromatic carbocycles. The number of ether oxygens (including phenoxy) is 2. The van der Waals surface area contributed by atoms with Crippen molar-refractivity contribution >= 4 is 11.4 Å². The molecule has 1 aliphatic carbocycles. The average Bonchev–Trinajstić information content (AvgIpc) is 3.00. The Labute approximate surface area is 244 Å². The summed E-state index contributed by atoms with van der Waals surface area (Å²) in [6, 6.07) is 24.2. The van der Waals surface area contributed by atoms with Crippen LogP contribution in [0.25, 0.3) is 16.7 Å². The third-order valence-corrected chi connectivity index (χ3v) is 6.85. The maximum absolute atomic E-state index is 12.1. The normalized spacial score (nSPS) is 12.4. The van der Waals surface area contributed by atoms with Gasteiger partial charge in [-0.25, -0.2) is 0 Å². The first-order valence-electron chi connectivity index (χ1n) is 13.1. The number of benzene rings is 4. The molecule has 0 atom stereocenters. The molecule has 0 fully saturated rings. The lowest BCUT2D eigenvalue weighted by Gasteiger charge is -2.24. The van der Waals surface area contributed by atoms with Gasteiger partial charge >= 0.3 is 0 Å². The summed E-state index contributed by atoms with van der Waals surface area (Å²) in [5, 5.41) is 29.9. The summed E-state index contributed by atoms with van der Waals surface area (Å²) in [4.78, 5) is 12.1. The number of phenolic OH excluding ortho intramolecular Hbond substituents is 3. The van der Waals surface area contributed by atoms with E-state index in [1.807, 2.05) is 36.4 Å². The van der Waals surface area contributed by atoms with Crippen molar-refractivity contribution in [2.24, 2.45) is 0 Å². The van der Waals surface area contributed by atoms with Crippen molar-refractivity contribution in [1.82, 2.24) is 0 Å². The summed E-state index contributed by atoms with van der Waals surface area (Å²) in [6.45, 7) is 0. The molecule has 0 aromatic heterocycles. The molecule has 4 aromatic rings. The van der Waals surface area contributed by atoms with Gasteiger partial charge in [-0.05, 0) is 88.5 Å². The number of hydrogen-bond donors (Lipinski definition) is 3. The third kappa shape index (κ3) is 6.03. The second kappa shape index (κ2) is 12.4. The predicted molar refractivity (Wildman–Crippen MR) is 162 cm³/mol. The molecule has 0 saturated heterocycles. The summed E-state index contributed by atoms with van der Waals surface area (Å²) < 4.78 is 11.4. The Morgan fingerprint density at radius 1 is 0.667 bits per heavy atom. The molecule has 0 amide bonds. The van der Waals surface area contributed by atoms with Crippen LogP contribution < -0.4 is 0 Å². The van der Waals surface area contributed by atoms with Gasteiger partial charge in [-0.2, -0.15) is 0 Å². The minimum atomic E-state index is -0.744. The highest BCUT2D eigenvalue weighted by atomic mass is 16.7. The van der Waals surface area contributed by atoms with Crippen molar-refractivity contribution in [2.45, 2.75) is 6.29 Å². The van der Waals surface area contributed by atoms with Crippen LogP contribution in [0.4, 0.5) is 0 Å². The number of allylic oxidation sites excluding steroid dienone is 5. The standard InChI is InChI=1S/C36H28O6/c1-41-36(42-2)33-22-21-31(24-6-14-28(38)15-7-24)35(32(33)20-5-23-3-12-27(37)13-4-23)34(25-8-16-29(39)17-9-25)26-10-18-30(40)19-11-26/h3-4,6-19,21-22,36-39H,1-2H3. The first-order chi connectivity index (χ1) is 20.4. The van der Waals surface area contributed by atoms with Crippen LogP contribution in [0.2, 0.25) is 0 Å². The van der Waals surface area contributed by atoms with E-state index in [1.165, 1.54) is 12.2 Å². The van der Waals surface area contributed by atoms with Crippen LogP contribution in [0.1, 0.15) is 34.1 Å². The zero-order valence-corrected chi connectivity index (χ0v) is 23.0. The number of ketones is 1. The largest absolute Gasteiger partial charge is 0.508 e. The van der Waals surface area contributed by atoms with Gasteiger partial charge in [0.2, 0.25) is 0 Å². The molecule has 5 rings (SSSR count). The molecular weight excluding hydrogens is 528 g/mol. The van der Waals surface area contributed by atoms with Crippen LogP contribution in [0, 0.1) is 11.8 Å². The monoisotopic (exact) mass is 556 g/mol. The number of carbonyl (C=O) groups excluding carboxylic acids is 1. The first-order valence-corrected chi connectivity index (χ1v) is 13.1. The summed E-state index contributed by atoms with van der Waals surface area (Å²) in [5.74, 6) is 6.85. The molecule has 0 aliphatic heterocycles. The van der Waals surface area contributed by atoms with Crippen LogP contribution in [0.5, 0.6) is 17.2 Å². The fourth-order valence-electron chi connectivity index (χ4n) is 4.83. The van der Waals surface area contributed by atoms with Gasteiger partial charge in [0.15, 0.2) is 12.1 Å². The van der Waals surface area contributed by atoms with Gasteiger partial charge in [-0.1, -0.05) is 60.4 Å². The minimum Gasteiger partial charge on any atom is -0.508 e. The zero-order valence-electron chi connectivity index (χ0n) is 23.0. The Morgan fingerprint density at radius 2 is 1.21 bits per heavy atom. The van der Waals surface area contributed by atoms with E-state index in [0.717, 1.165) is 33.4 Å². The van der Waals surface area contributed by atoms with Gasteiger partial charge in [0.1, 0.15) is 17.2 Å². The van der Waals surface area contributed by atoms with E-state index in [0.29, 0.717) is 16.7 Å². The van der Waals surface area contributed by atoms with Gasteiger partial charge in [-0.3, -0.25) is 4.79 Å². The lowest BCUT2D eigenvalue weighted by atomic mass is 9.82. The highest BCUT2D eigenvalue weighted by Crippen LogP contribution is 2.42. The number of carbonyl (C=O) groups is 1. The Bertz CT molecular complexity index is 1740. The number of aromatic hydroxyl groups is 3. The predicted octanol–water partition coefficient (Wildman–Crippen LogP) is 6.66. The molecule has 42 heavy (non-hydrogen) atoms. The summed E-state index contributed by atoms with van der Waals surface area (Å²) in [7, 11) is 3.10. The van der Waals surface area contributed by atoms with Crippen molar-refractivity contribution in [3.8, 4) is 40.2 Å². The topological polar surface area (TPSA) is 96.2 Å². The third-order valence-electron chi connectivity index (χ3n) is 6.85. The summed E-state index contributed by atoms with van der Waals surface area (Å²) in [5.41, 5.74) is 6.68. The van der Waals surface area contributed by atoms with Crippen molar-refractivity contribution in [3.63, 3.8) is 0 Å². The molecule has 0 unspecified atom stereocenters. The van der Waals surface area contributed by atoms with Crippen molar-refractivity contribution < 1.29 is 29.6 Å². The average molecular weight is 557 g/mol. The summed E-state index contributed by atoms with van der Waals surface area (Å²) in [6.07, 6.45) is 5.80. The van der Waals surface area contributed by atoms with Crippen LogP contribution in [0.15, 0.2) is 115 Å². The Balaban J connectivity index is 1.92. The van der Waals surface area contributed by atoms with E-state index in [9.17, 15) is 20.1 Å². The molecule has 208 valence electrons. The fraction of sp³-hybridized carbons (Fsp3) is 0.0833. The van der Waals surface area contributed by atoms with Gasteiger partial charge in [-0.15, -0.1) is 0 Å². The van der Waals surface area contributed by atoms with E-state index in [1.54, 1.807) is 74.9 Å². The smallest absolute Gasteiger partial charge is 0.184 e. The van der Waals surface area contributed by atoms with Gasteiger partial charge in [0.25, 0.3) is 0 Å². The number of hydrogen-bond acceptors (Lipinski definition) is 6. The Kier molecular flexibility index (Phi) is 8.35. The first kappa shape index (κ1) is 28.2. The number of phenols is 3. The molecule has 0 saturated carbocycles. The van der Waals surface area contributed by atoms with Crippen LogP contribution in [0.3, 0.4) is 0 Å². The van der Waals surface area contributed by atoms with Gasteiger partial charge < -0.3 is 24.8 Å². The minimum absolute atomic E-state index is 0.117. The maximum atomic E-state index is 12.1. The molecule has 1 aliphatic rings. The molecule has 0 heterocycles. The van der Waals surface area contributed by atoms with Crippen molar-refractivity contribution in [3.05, 3.63) is 143 Å². The Hall–Kier alpha value is -5.35. The Morgan fingerprint density at radius 3 is 1.79 bits per heavy atom. The highest BCUT2D eigenvalue weighted by Gasteiger charge is 2.25. The number of rotatable bonds is 6. The fourth-order valence-corrected chi connectivity index (χ4v) is 4.83. The number of methoxy groups -OCH3 is 2. The molecule has 6 heteroatoms. The van der Waals surface area contributed by atoms with E-state index < -0.39 is 6.29 Å². The van der Waals surface area contributed by atoms with Crippen molar-refractivity contribution in [1.29, 1.82) is 0 Å². The van der Waals surface area contributed by atoms with E-state index in [4.69, 9.17) is 9.47 Å². The molecule has 0 bridgehead atoms. The SMILES string of the molecule is COC(OC)c1ccc(-c2ccc(O)cc2)c(C(=C2C=CC(=O)C=C2)c2ccc(O)cc2)c1C#Cc1ccc(O)cc1.